The number of hydrogen-bond donors (Lipinski definition) is 0. The summed E-state index contributed by atoms with van der Waals surface area (Å²) in [5.41, 5.74) is 0. The first-order valence-corrected chi connectivity index (χ1v) is 6.10. The number of rotatable bonds is 6. The van der Waals surface area contributed by atoms with Gasteiger partial charge in [-0.05, 0) is 20.4 Å². The Morgan fingerprint density at radius 1 is 1.39 bits per heavy atom. The lowest BCUT2D eigenvalue weighted by Gasteiger charge is -2.14. The molecule has 2 rings (SSSR count). The van der Waals surface area contributed by atoms with Crippen LogP contribution in [0, 0.1) is 13.8 Å². The van der Waals surface area contributed by atoms with Crippen LogP contribution in [0.15, 0.2) is 16.9 Å². The number of hydrogen-bond acceptors (Lipinski definition) is 5. The van der Waals surface area contributed by atoms with Gasteiger partial charge in [0.2, 0.25) is 5.89 Å². The fraction of sp³-hybridized carbons (Fsp3) is 0.583. The summed E-state index contributed by atoms with van der Waals surface area (Å²) in [6.07, 6.45) is 4.92. The number of aromatic nitrogens is 4. The Balaban J connectivity index is 1.72. The van der Waals surface area contributed by atoms with Crippen LogP contribution < -0.4 is 0 Å². The molecule has 0 N–H and O–H groups in total. The molecule has 0 aliphatic carbocycles. The molecule has 0 saturated carbocycles. The molecule has 18 heavy (non-hydrogen) atoms. The monoisotopic (exact) mass is 249 g/mol. The molecular formula is C12H19N5O. The van der Waals surface area contributed by atoms with Gasteiger partial charge in [0.15, 0.2) is 5.82 Å². The molecule has 0 atom stereocenters. The van der Waals surface area contributed by atoms with E-state index < -0.39 is 0 Å². The van der Waals surface area contributed by atoms with E-state index in [0.717, 1.165) is 37.7 Å². The van der Waals surface area contributed by atoms with E-state index in [1.807, 2.05) is 19.3 Å². The van der Waals surface area contributed by atoms with E-state index in [0.29, 0.717) is 5.89 Å². The zero-order valence-corrected chi connectivity index (χ0v) is 11.1. The molecule has 98 valence electrons. The minimum atomic E-state index is 0.618. The third kappa shape index (κ3) is 3.40. The van der Waals surface area contributed by atoms with Gasteiger partial charge >= 0.3 is 0 Å². The summed E-state index contributed by atoms with van der Waals surface area (Å²) in [7, 11) is 2.06. The first-order valence-electron chi connectivity index (χ1n) is 6.10. The van der Waals surface area contributed by atoms with Crippen molar-refractivity contribution in [1.29, 1.82) is 0 Å². The number of aryl methyl sites for hydroxylation is 3. The molecule has 0 radical (unpaired) electrons. The Morgan fingerprint density at radius 3 is 2.83 bits per heavy atom. The highest BCUT2D eigenvalue weighted by atomic mass is 16.5. The Morgan fingerprint density at radius 2 is 2.22 bits per heavy atom. The van der Waals surface area contributed by atoms with Gasteiger partial charge in [-0.1, -0.05) is 5.16 Å². The van der Waals surface area contributed by atoms with Crippen LogP contribution in [-0.2, 0) is 13.1 Å². The maximum absolute atomic E-state index is 4.94. The van der Waals surface area contributed by atoms with Crippen molar-refractivity contribution in [2.24, 2.45) is 0 Å². The quantitative estimate of drug-likeness (QED) is 0.774. The SMILES string of the molecule is Cc1nc(CN(C)CCCn2ccnc2C)no1. The molecule has 0 saturated heterocycles. The molecule has 0 aromatic carbocycles. The second-order valence-corrected chi connectivity index (χ2v) is 4.49. The van der Waals surface area contributed by atoms with Crippen molar-refractivity contribution in [1.82, 2.24) is 24.6 Å². The molecule has 0 fully saturated rings. The van der Waals surface area contributed by atoms with Gasteiger partial charge in [0, 0.05) is 32.4 Å². The predicted octanol–water partition coefficient (Wildman–Crippen LogP) is 1.41. The average Bonchev–Trinajstić information content (AvgIpc) is 2.89. The summed E-state index contributed by atoms with van der Waals surface area (Å²) in [4.78, 5) is 10.6. The second-order valence-electron chi connectivity index (χ2n) is 4.49. The minimum Gasteiger partial charge on any atom is -0.340 e. The Hall–Kier alpha value is -1.69. The molecule has 6 heteroatoms. The lowest BCUT2D eigenvalue weighted by molar-refractivity contribution is 0.297. The molecule has 2 aromatic heterocycles. The fourth-order valence-corrected chi connectivity index (χ4v) is 1.88. The zero-order valence-electron chi connectivity index (χ0n) is 11.1. The zero-order chi connectivity index (χ0) is 13.0. The van der Waals surface area contributed by atoms with Crippen molar-refractivity contribution in [2.75, 3.05) is 13.6 Å². The average molecular weight is 249 g/mol. The third-order valence-electron chi connectivity index (χ3n) is 2.84. The van der Waals surface area contributed by atoms with Crippen molar-refractivity contribution in [3.05, 3.63) is 29.9 Å². The summed E-state index contributed by atoms with van der Waals surface area (Å²) >= 11 is 0. The molecule has 0 amide bonds. The van der Waals surface area contributed by atoms with Crippen LogP contribution in [0.25, 0.3) is 0 Å². The van der Waals surface area contributed by atoms with Crippen LogP contribution in [0.3, 0.4) is 0 Å². The van der Waals surface area contributed by atoms with Gasteiger partial charge in [-0.3, -0.25) is 4.90 Å². The summed E-state index contributed by atoms with van der Waals surface area (Å²) in [6.45, 7) is 6.52. The lowest BCUT2D eigenvalue weighted by atomic mass is 10.3. The first-order chi connectivity index (χ1) is 8.65. The van der Waals surface area contributed by atoms with Gasteiger partial charge in [0.1, 0.15) is 5.82 Å². The van der Waals surface area contributed by atoms with Crippen molar-refractivity contribution < 1.29 is 4.52 Å². The molecule has 2 aromatic rings. The van der Waals surface area contributed by atoms with Crippen molar-refractivity contribution >= 4 is 0 Å². The number of nitrogens with zero attached hydrogens (tertiary/aromatic N) is 5. The van der Waals surface area contributed by atoms with Crippen LogP contribution in [0.2, 0.25) is 0 Å². The maximum Gasteiger partial charge on any atom is 0.223 e. The molecule has 0 aliphatic rings. The van der Waals surface area contributed by atoms with Gasteiger partial charge in [-0.15, -0.1) is 0 Å². The smallest absolute Gasteiger partial charge is 0.223 e. The van der Waals surface area contributed by atoms with Crippen LogP contribution in [0.1, 0.15) is 24.0 Å². The van der Waals surface area contributed by atoms with Crippen molar-refractivity contribution in [3.8, 4) is 0 Å². The van der Waals surface area contributed by atoms with E-state index in [4.69, 9.17) is 4.52 Å². The highest BCUT2D eigenvalue weighted by Gasteiger charge is 2.06. The van der Waals surface area contributed by atoms with E-state index >= 15 is 0 Å². The summed E-state index contributed by atoms with van der Waals surface area (Å²) in [6, 6.07) is 0. The van der Waals surface area contributed by atoms with Gasteiger partial charge in [0.25, 0.3) is 0 Å². The highest BCUT2D eigenvalue weighted by molar-refractivity contribution is 4.88. The number of imidazole rings is 1. The second kappa shape index (κ2) is 5.77. The molecule has 6 nitrogen and oxygen atoms in total. The fourth-order valence-electron chi connectivity index (χ4n) is 1.88. The summed E-state index contributed by atoms with van der Waals surface area (Å²) in [5, 5.41) is 3.88. The minimum absolute atomic E-state index is 0.618. The van der Waals surface area contributed by atoms with Crippen LogP contribution in [-0.4, -0.2) is 38.2 Å². The van der Waals surface area contributed by atoms with E-state index in [1.165, 1.54) is 0 Å². The van der Waals surface area contributed by atoms with Crippen LogP contribution in [0.4, 0.5) is 0 Å². The van der Waals surface area contributed by atoms with E-state index in [1.54, 1.807) is 6.92 Å². The van der Waals surface area contributed by atoms with E-state index in [2.05, 4.69) is 31.6 Å². The molecule has 0 aliphatic heterocycles. The van der Waals surface area contributed by atoms with Gasteiger partial charge < -0.3 is 9.09 Å². The van der Waals surface area contributed by atoms with E-state index in [-0.39, 0.29) is 0 Å². The lowest BCUT2D eigenvalue weighted by Crippen LogP contribution is -2.21. The van der Waals surface area contributed by atoms with Crippen LogP contribution in [0.5, 0.6) is 0 Å². The molecule has 0 bridgehead atoms. The van der Waals surface area contributed by atoms with Crippen LogP contribution >= 0.6 is 0 Å². The first kappa shape index (κ1) is 12.8. The maximum atomic E-state index is 4.94. The summed E-state index contributed by atoms with van der Waals surface area (Å²) in [5.74, 6) is 2.42. The van der Waals surface area contributed by atoms with Gasteiger partial charge in [-0.25, -0.2) is 4.98 Å². The normalized spacial score (nSPS) is 11.3. The van der Waals surface area contributed by atoms with Crippen molar-refractivity contribution in [2.45, 2.75) is 33.4 Å². The van der Waals surface area contributed by atoms with Gasteiger partial charge in [-0.2, -0.15) is 4.98 Å². The van der Waals surface area contributed by atoms with Gasteiger partial charge in [0.05, 0.1) is 6.54 Å². The largest absolute Gasteiger partial charge is 0.340 e. The standard InChI is InChI=1S/C12H19N5O/c1-10-13-5-8-17(10)7-4-6-16(3)9-12-14-11(2)18-15-12/h5,8H,4,6-7,9H2,1-3H3. The Bertz CT molecular complexity index is 490. The topological polar surface area (TPSA) is 60.0 Å². The predicted molar refractivity (Wildman–Crippen MR) is 67.0 cm³/mol. The Labute approximate surface area is 107 Å². The van der Waals surface area contributed by atoms with Crippen molar-refractivity contribution in [3.63, 3.8) is 0 Å². The molecular weight excluding hydrogens is 230 g/mol. The molecule has 0 unspecified atom stereocenters. The third-order valence-corrected chi connectivity index (χ3v) is 2.84. The van der Waals surface area contributed by atoms with E-state index in [9.17, 15) is 0 Å². The Kier molecular flexibility index (Phi) is 4.09. The highest BCUT2D eigenvalue weighted by Crippen LogP contribution is 2.02. The molecule has 0 spiro atoms. The summed E-state index contributed by atoms with van der Waals surface area (Å²) < 4.78 is 7.10. The molecule has 2 heterocycles.